The molecule has 5 heteroatoms. The molecule has 0 saturated carbocycles. The van der Waals surface area contributed by atoms with Crippen molar-refractivity contribution in [3.05, 3.63) is 30.1 Å². The van der Waals surface area contributed by atoms with Crippen molar-refractivity contribution in [3.63, 3.8) is 0 Å². The molecule has 0 aliphatic carbocycles. The number of rotatable bonds is 4. The highest BCUT2D eigenvalue weighted by Crippen LogP contribution is 2.15. The van der Waals surface area contributed by atoms with Gasteiger partial charge >= 0.3 is 0 Å². The van der Waals surface area contributed by atoms with Crippen molar-refractivity contribution in [3.8, 4) is 0 Å². The second-order valence-corrected chi connectivity index (χ2v) is 6.79. The summed E-state index contributed by atoms with van der Waals surface area (Å²) < 4.78 is 24.2. The van der Waals surface area contributed by atoms with Crippen molar-refractivity contribution in [2.75, 3.05) is 18.8 Å². The fourth-order valence-corrected chi connectivity index (χ4v) is 3.89. The van der Waals surface area contributed by atoms with Crippen LogP contribution in [0.1, 0.15) is 18.5 Å². The molecule has 1 fully saturated rings. The van der Waals surface area contributed by atoms with Crippen LogP contribution >= 0.6 is 0 Å². The lowest BCUT2D eigenvalue weighted by Gasteiger charge is -2.22. The van der Waals surface area contributed by atoms with E-state index in [1.807, 2.05) is 18.2 Å². The molecule has 0 unspecified atom stereocenters. The molecule has 0 aromatic carbocycles. The first kappa shape index (κ1) is 12.5. The zero-order valence-corrected chi connectivity index (χ0v) is 10.6. The Labute approximate surface area is 102 Å². The standard InChI is InChI=1S/C12H18N2O2S/c15-17(16,12-4-8-13-9-5-12)10-6-11-3-1-2-7-14-11/h1-3,7,12-13H,4-6,8-10H2. The van der Waals surface area contributed by atoms with Crippen LogP contribution in [0.5, 0.6) is 0 Å². The molecule has 0 atom stereocenters. The van der Waals surface area contributed by atoms with Gasteiger partial charge in [0.1, 0.15) is 0 Å². The maximum Gasteiger partial charge on any atom is 0.153 e. The van der Waals surface area contributed by atoms with E-state index in [1.165, 1.54) is 0 Å². The summed E-state index contributed by atoms with van der Waals surface area (Å²) in [6.45, 7) is 1.63. The maximum absolute atomic E-state index is 12.1. The van der Waals surface area contributed by atoms with Gasteiger partial charge in [-0.3, -0.25) is 4.98 Å². The van der Waals surface area contributed by atoms with Crippen molar-refractivity contribution < 1.29 is 8.42 Å². The number of aryl methyl sites for hydroxylation is 1. The molecule has 1 aromatic rings. The van der Waals surface area contributed by atoms with Gasteiger partial charge in [-0.05, 0) is 38.1 Å². The second kappa shape index (κ2) is 5.60. The number of nitrogens with zero attached hydrogens (tertiary/aromatic N) is 1. The molecule has 17 heavy (non-hydrogen) atoms. The summed E-state index contributed by atoms with van der Waals surface area (Å²) in [4.78, 5) is 4.15. The lowest BCUT2D eigenvalue weighted by atomic mass is 10.2. The number of hydrogen-bond donors (Lipinski definition) is 1. The topological polar surface area (TPSA) is 59.1 Å². The average Bonchev–Trinajstić information content (AvgIpc) is 2.39. The number of hydrogen-bond acceptors (Lipinski definition) is 4. The number of nitrogens with one attached hydrogen (secondary N) is 1. The number of piperidine rings is 1. The minimum Gasteiger partial charge on any atom is -0.317 e. The zero-order chi connectivity index (χ0) is 12.1. The third-order valence-corrected chi connectivity index (χ3v) is 5.42. The van der Waals surface area contributed by atoms with Gasteiger partial charge in [-0.1, -0.05) is 6.07 Å². The van der Waals surface area contributed by atoms with Crippen molar-refractivity contribution in [1.82, 2.24) is 10.3 Å². The molecular weight excluding hydrogens is 236 g/mol. The van der Waals surface area contributed by atoms with Crippen LogP contribution in [-0.2, 0) is 16.3 Å². The van der Waals surface area contributed by atoms with E-state index in [4.69, 9.17) is 0 Å². The number of sulfone groups is 1. The second-order valence-electron chi connectivity index (χ2n) is 4.39. The third kappa shape index (κ3) is 3.51. The van der Waals surface area contributed by atoms with E-state index in [9.17, 15) is 8.42 Å². The highest BCUT2D eigenvalue weighted by molar-refractivity contribution is 7.92. The highest BCUT2D eigenvalue weighted by Gasteiger charge is 2.26. The predicted octanol–water partition coefficient (Wildman–Crippen LogP) is 0.791. The normalized spacial score (nSPS) is 18.1. The molecule has 1 aromatic heterocycles. The molecule has 0 bridgehead atoms. The summed E-state index contributed by atoms with van der Waals surface area (Å²) in [5.41, 5.74) is 0.852. The Balaban J connectivity index is 1.93. The lowest BCUT2D eigenvalue weighted by Crippen LogP contribution is -2.37. The van der Waals surface area contributed by atoms with Crippen LogP contribution < -0.4 is 5.32 Å². The van der Waals surface area contributed by atoms with Gasteiger partial charge in [-0.25, -0.2) is 8.42 Å². The van der Waals surface area contributed by atoms with Crippen LogP contribution in [0.2, 0.25) is 0 Å². The molecule has 0 spiro atoms. The Morgan fingerprint density at radius 1 is 1.29 bits per heavy atom. The molecule has 1 aliphatic rings. The van der Waals surface area contributed by atoms with Crippen LogP contribution in [0, 0.1) is 0 Å². The molecule has 1 N–H and O–H groups in total. The summed E-state index contributed by atoms with van der Waals surface area (Å²) in [5.74, 6) is 0.217. The van der Waals surface area contributed by atoms with Gasteiger partial charge in [0.05, 0.1) is 11.0 Å². The van der Waals surface area contributed by atoms with Gasteiger partial charge in [0.2, 0.25) is 0 Å². The van der Waals surface area contributed by atoms with Crippen LogP contribution in [-0.4, -0.2) is 37.5 Å². The van der Waals surface area contributed by atoms with E-state index in [1.54, 1.807) is 6.20 Å². The van der Waals surface area contributed by atoms with Gasteiger partial charge in [0.25, 0.3) is 0 Å². The molecule has 1 saturated heterocycles. The fraction of sp³-hybridized carbons (Fsp3) is 0.583. The Bertz CT molecular complexity index is 439. The maximum atomic E-state index is 12.1. The summed E-state index contributed by atoms with van der Waals surface area (Å²) in [5, 5.41) is 3.02. The lowest BCUT2D eigenvalue weighted by molar-refractivity contribution is 0.496. The Morgan fingerprint density at radius 3 is 2.71 bits per heavy atom. The van der Waals surface area contributed by atoms with Crippen LogP contribution in [0.15, 0.2) is 24.4 Å². The van der Waals surface area contributed by atoms with Crippen LogP contribution in [0.25, 0.3) is 0 Å². The quantitative estimate of drug-likeness (QED) is 0.863. The van der Waals surface area contributed by atoms with Gasteiger partial charge < -0.3 is 5.32 Å². The Morgan fingerprint density at radius 2 is 2.06 bits per heavy atom. The SMILES string of the molecule is O=S(=O)(CCc1ccccn1)C1CCNCC1. The summed E-state index contributed by atoms with van der Waals surface area (Å²) in [6, 6.07) is 5.60. The van der Waals surface area contributed by atoms with Gasteiger partial charge in [0, 0.05) is 18.3 Å². The monoisotopic (exact) mass is 254 g/mol. The van der Waals surface area contributed by atoms with E-state index >= 15 is 0 Å². The Kier molecular flexibility index (Phi) is 4.12. The van der Waals surface area contributed by atoms with Crippen molar-refractivity contribution in [2.24, 2.45) is 0 Å². The average molecular weight is 254 g/mol. The van der Waals surface area contributed by atoms with E-state index in [-0.39, 0.29) is 11.0 Å². The van der Waals surface area contributed by atoms with Crippen LogP contribution in [0.4, 0.5) is 0 Å². The molecule has 1 aliphatic heterocycles. The predicted molar refractivity (Wildman–Crippen MR) is 67.6 cm³/mol. The minimum atomic E-state index is -2.96. The van der Waals surface area contributed by atoms with Crippen molar-refractivity contribution in [2.45, 2.75) is 24.5 Å². The molecule has 4 nitrogen and oxygen atoms in total. The largest absolute Gasteiger partial charge is 0.317 e. The third-order valence-electron chi connectivity index (χ3n) is 3.16. The first-order valence-corrected chi connectivity index (χ1v) is 7.72. The van der Waals surface area contributed by atoms with E-state index in [0.717, 1.165) is 31.6 Å². The first-order valence-electron chi connectivity index (χ1n) is 6.01. The fourth-order valence-electron chi connectivity index (χ4n) is 2.11. The van der Waals surface area contributed by atoms with Gasteiger partial charge in [0.15, 0.2) is 9.84 Å². The molecule has 0 amide bonds. The molecule has 94 valence electrons. The van der Waals surface area contributed by atoms with E-state index < -0.39 is 9.84 Å². The molecular formula is C12H18N2O2S. The first-order chi connectivity index (χ1) is 8.18. The van der Waals surface area contributed by atoms with Crippen LogP contribution in [0.3, 0.4) is 0 Å². The summed E-state index contributed by atoms with van der Waals surface area (Å²) in [6.07, 6.45) is 3.70. The van der Waals surface area contributed by atoms with Crippen molar-refractivity contribution >= 4 is 9.84 Å². The van der Waals surface area contributed by atoms with Gasteiger partial charge in [-0.15, -0.1) is 0 Å². The molecule has 0 radical (unpaired) electrons. The summed E-state index contributed by atoms with van der Waals surface area (Å²) in [7, 11) is -2.96. The smallest absolute Gasteiger partial charge is 0.153 e. The van der Waals surface area contributed by atoms with E-state index in [0.29, 0.717) is 6.42 Å². The Hall–Kier alpha value is -0.940. The van der Waals surface area contributed by atoms with E-state index in [2.05, 4.69) is 10.3 Å². The summed E-state index contributed by atoms with van der Waals surface area (Å²) >= 11 is 0. The number of aromatic nitrogens is 1. The molecule has 2 heterocycles. The molecule has 2 rings (SSSR count). The van der Waals surface area contributed by atoms with Crippen molar-refractivity contribution in [1.29, 1.82) is 0 Å². The zero-order valence-electron chi connectivity index (χ0n) is 9.80. The number of pyridine rings is 1. The van der Waals surface area contributed by atoms with Gasteiger partial charge in [-0.2, -0.15) is 0 Å². The highest BCUT2D eigenvalue weighted by atomic mass is 32.2. The minimum absolute atomic E-state index is 0.160.